The summed E-state index contributed by atoms with van der Waals surface area (Å²) < 4.78 is 0. The maximum atomic E-state index is 12.3. The minimum Gasteiger partial charge on any atom is -0.370 e. The van der Waals surface area contributed by atoms with Crippen LogP contribution in [0.2, 0.25) is 0 Å². The van der Waals surface area contributed by atoms with Gasteiger partial charge in [0.15, 0.2) is 5.96 Å². The molecular weight excluding hydrogens is 367 g/mol. The van der Waals surface area contributed by atoms with Gasteiger partial charge >= 0.3 is 0 Å². The van der Waals surface area contributed by atoms with Crippen molar-refractivity contribution in [1.29, 1.82) is 0 Å². The van der Waals surface area contributed by atoms with Gasteiger partial charge in [-0.15, -0.1) is 24.0 Å². The molecule has 1 aliphatic carbocycles. The molecule has 1 aliphatic rings. The molecule has 1 fully saturated rings. The molecule has 3 N–H and O–H groups in total. The van der Waals surface area contributed by atoms with Gasteiger partial charge in [0.1, 0.15) is 0 Å². The molecular formula is C14H29IN4O. The molecule has 5 nitrogen and oxygen atoms in total. The van der Waals surface area contributed by atoms with Crippen molar-refractivity contribution in [1.82, 2.24) is 10.2 Å². The summed E-state index contributed by atoms with van der Waals surface area (Å²) in [7, 11) is 3.63. The number of carbonyl (C=O) groups is 1. The molecule has 0 aromatic heterocycles. The largest absolute Gasteiger partial charge is 0.370 e. The highest BCUT2D eigenvalue weighted by Gasteiger charge is 2.41. The van der Waals surface area contributed by atoms with E-state index >= 15 is 0 Å². The normalized spacial score (nSPS) is 17.4. The lowest BCUT2D eigenvalue weighted by Gasteiger charge is -2.29. The lowest BCUT2D eigenvalue weighted by molar-refractivity contribution is -0.138. The molecule has 0 heterocycles. The number of halogens is 1. The van der Waals surface area contributed by atoms with Crippen LogP contribution in [0.5, 0.6) is 0 Å². The fraction of sp³-hybridized carbons (Fsp3) is 0.857. The van der Waals surface area contributed by atoms with Crippen LogP contribution in [0.3, 0.4) is 0 Å². The highest BCUT2D eigenvalue weighted by molar-refractivity contribution is 14.0. The van der Waals surface area contributed by atoms with Gasteiger partial charge in [0.2, 0.25) is 5.91 Å². The van der Waals surface area contributed by atoms with Crippen molar-refractivity contribution in [2.45, 2.75) is 45.4 Å². The number of unbranched alkanes of at least 4 members (excludes halogenated alkanes) is 1. The summed E-state index contributed by atoms with van der Waals surface area (Å²) in [5.41, 5.74) is 5.52. The van der Waals surface area contributed by atoms with Crippen molar-refractivity contribution in [3.8, 4) is 0 Å². The van der Waals surface area contributed by atoms with Crippen LogP contribution < -0.4 is 11.1 Å². The second-order valence-electron chi connectivity index (χ2n) is 5.67. The molecule has 118 valence electrons. The van der Waals surface area contributed by atoms with Gasteiger partial charge in [0, 0.05) is 20.6 Å². The first-order valence-electron chi connectivity index (χ1n) is 7.27. The fourth-order valence-electron chi connectivity index (χ4n) is 2.65. The van der Waals surface area contributed by atoms with Gasteiger partial charge in [-0.2, -0.15) is 0 Å². The molecule has 1 saturated carbocycles. The lowest BCUT2D eigenvalue weighted by atomic mass is 9.85. The van der Waals surface area contributed by atoms with Crippen LogP contribution in [0.1, 0.15) is 45.4 Å². The van der Waals surface area contributed by atoms with Crippen LogP contribution >= 0.6 is 24.0 Å². The molecule has 0 atom stereocenters. The number of amides is 1. The van der Waals surface area contributed by atoms with Crippen molar-refractivity contribution in [3.63, 3.8) is 0 Å². The molecule has 0 spiro atoms. The summed E-state index contributed by atoms with van der Waals surface area (Å²) in [6, 6.07) is 0. The van der Waals surface area contributed by atoms with Gasteiger partial charge < -0.3 is 16.0 Å². The van der Waals surface area contributed by atoms with Crippen LogP contribution in [0.15, 0.2) is 4.99 Å². The van der Waals surface area contributed by atoms with E-state index in [0.29, 0.717) is 12.5 Å². The van der Waals surface area contributed by atoms with E-state index in [4.69, 9.17) is 5.73 Å². The first-order chi connectivity index (χ1) is 9.02. The monoisotopic (exact) mass is 396 g/mol. The zero-order valence-electron chi connectivity index (χ0n) is 12.9. The first-order valence-corrected chi connectivity index (χ1v) is 7.27. The molecule has 0 radical (unpaired) electrons. The predicted octanol–water partition coefficient (Wildman–Crippen LogP) is 1.96. The number of hydrogen-bond acceptors (Lipinski definition) is 2. The van der Waals surface area contributed by atoms with Gasteiger partial charge in [-0.3, -0.25) is 9.79 Å². The van der Waals surface area contributed by atoms with Crippen LogP contribution in [0.4, 0.5) is 0 Å². The van der Waals surface area contributed by atoms with Crippen molar-refractivity contribution in [3.05, 3.63) is 0 Å². The lowest BCUT2D eigenvalue weighted by Crippen LogP contribution is -2.42. The van der Waals surface area contributed by atoms with E-state index in [1.54, 1.807) is 4.90 Å². The summed E-state index contributed by atoms with van der Waals surface area (Å²) >= 11 is 0. The Morgan fingerprint density at radius 2 is 1.95 bits per heavy atom. The van der Waals surface area contributed by atoms with Gasteiger partial charge in [-0.25, -0.2) is 0 Å². The third-order valence-corrected chi connectivity index (χ3v) is 3.81. The molecule has 1 amide bonds. The molecule has 0 aliphatic heterocycles. The Hall–Kier alpha value is -0.530. The number of nitrogens with zero attached hydrogens (tertiary/aromatic N) is 2. The van der Waals surface area contributed by atoms with Gasteiger partial charge in [-0.1, -0.05) is 26.2 Å². The van der Waals surface area contributed by atoms with Crippen molar-refractivity contribution < 1.29 is 4.79 Å². The van der Waals surface area contributed by atoms with E-state index in [1.807, 2.05) is 14.1 Å². The number of carbonyl (C=O) groups excluding carboxylic acids is 1. The minimum atomic E-state index is -0.319. The molecule has 0 saturated heterocycles. The molecule has 20 heavy (non-hydrogen) atoms. The van der Waals surface area contributed by atoms with Crippen LogP contribution in [0.25, 0.3) is 0 Å². The number of guanidine groups is 1. The second-order valence-corrected chi connectivity index (χ2v) is 5.67. The Bertz CT molecular complexity index is 325. The van der Waals surface area contributed by atoms with Gasteiger partial charge in [0.05, 0.1) is 12.0 Å². The van der Waals surface area contributed by atoms with E-state index in [0.717, 1.165) is 45.1 Å². The van der Waals surface area contributed by atoms with Gasteiger partial charge in [0.25, 0.3) is 0 Å². The Balaban J connectivity index is 0.00000361. The highest BCUT2D eigenvalue weighted by Crippen LogP contribution is 2.39. The summed E-state index contributed by atoms with van der Waals surface area (Å²) in [4.78, 5) is 18.4. The maximum Gasteiger partial charge on any atom is 0.230 e. The Kier molecular flexibility index (Phi) is 9.16. The quantitative estimate of drug-likeness (QED) is 0.312. The SMILES string of the molecule is CCCCNC(N)=NCC1(C(=O)N(C)C)CCCC1.I. The zero-order valence-corrected chi connectivity index (χ0v) is 15.3. The van der Waals surface area contributed by atoms with Crippen LogP contribution in [0, 0.1) is 5.41 Å². The van der Waals surface area contributed by atoms with Gasteiger partial charge in [-0.05, 0) is 19.3 Å². The third kappa shape index (κ3) is 5.46. The maximum absolute atomic E-state index is 12.3. The van der Waals surface area contributed by atoms with Crippen LogP contribution in [-0.2, 0) is 4.79 Å². The van der Waals surface area contributed by atoms with E-state index in [9.17, 15) is 4.79 Å². The number of nitrogens with two attached hydrogens (primary N) is 1. The standard InChI is InChI=1S/C14H28N4O.HI/c1-4-5-10-16-13(15)17-11-14(8-6-7-9-14)12(19)18(2)3;/h4-11H2,1-3H3,(H3,15,16,17);1H. The zero-order chi connectivity index (χ0) is 14.3. The number of rotatable bonds is 6. The average Bonchev–Trinajstić information content (AvgIpc) is 2.85. The number of hydrogen-bond donors (Lipinski definition) is 2. The predicted molar refractivity (Wildman–Crippen MR) is 94.4 cm³/mol. The Labute approximate surface area is 139 Å². The van der Waals surface area contributed by atoms with Crippen molar-refractivity contribution in [2.75, 3.05) is 27.2 Å². The minimum absolute atomic E-state index is 0. The molecule has 0 aromatic rings. The average molecular weight is 396 g/mol. The molecule has 0 unspecified atom stereocenters. The van der Waals surface area contributed by atoms with E-state index in [2.05, 4.69) is 17.2 Å². The molecule has 0 bridgehead atoms. The number of nitrogens with one attached hydrogen (secondary N) is 1. The molecule has 1 rings (SSSR count). The fourth-order valence-corrected chi connectivity index (χ4v) is 2.65. The van der Waals surface area contributed by atoms with Crippen molar-refractivity contribution >= 4 is 35.8 Å². The number of aliphatic imine (C=N–C) groups is 1. The smallest absolute Gasteiger partial charge is 0.230 e. The first kappa shape index (κ1) is 19.5. The summed E-state index contributed by atoms with van der Waals surface area (Å²) in [5.74, 6) is 0.654. The second kappa shape index (κ2) is 9.41. The van der Waals surface area contributed by atoms with E-state index < -0.39 is 0 Å². The molecule has 6 heteroatoms. The molecule has 0 aromatic carbocycles. The topological polar surface area (TPSA) is 70.7 Å². The Morgan fingerprint density at radius 3 is 2.45 bits per heavy atom. The van der Waals surface area contributed by atoms with E-state index in [1.165, 1.54) is 0 Å². The van der Waals surface area contributed by atoms with Crippen LogP contribution in [-0.4, -0.2) is 44.0 Å². The summed E-state index contributed by atoms with van der Waals surface area (Å²) in [6.45, 7) is 3.49. The third-order valence-electron chi connectivity index (χ3n) is 3.81. The van der Waals surface area contributed by atoms with Crippen molar-refractivity contribution in [2.24, 2.45) is 16.1 Å². The Morgan fingerprint density at radius 1 is 1.35 bits per heavy atom. The van der Waals surface area contributed by atoms with E-state index in [-0.39, 0.29) is 35.3 Å². The highest BCUT2D eigenvalue weighted by atomic mass is 127. The summed E-state index contributed by atoms with van der Waals surface area (Å²) in [6.07, 6.45) is 6.28. The summed E-state index contributed by atoms with van der Waals surface area (Å²) in [5, 5.41) is 3.10.